The van der Waals surface area contributed by atoms with Crippen molar-refractivity contribution in [3.8, 4) is 5.69 Å². The van der Waals surface area contributed by atoms with E-state index in [9.17, 15) is 4.39 Å². The van der Waals surface area contributed by atoms with E-state index in [4.69, 9.17) is 4.99 Å². The number of pyridine rings is 1. The highest BCUT2D eigenvalue weighted by molar-refractivity contribution is 8.14. The van der Waals surface area contributed by atoms with Crippen molar-refractivity contribution in [3.63, 3.8) is 0 Å². The van der Waals surface area contributed by atoms with E-state index in [2.05, 4.69) is 47.4 Å². The smallest absolute Gasteiger partial charge is 0.160 e. The number of fused-ring (bicyclic) bond motifs is 1. The van der Waals surface area contributed by atoms with Crippen molar-refractivity contribution in [2.24, 2.45) is 4.99 Å². The summed E-state index contributed by atoms with van der Waals surface area (Å²) in [6.07, 6.45) is 1.84. The highest BCUT2D eigenvalue weighted by Gasteiger charge is 2.44. The maximum atomic E-state index is 13.9. The third-order valence-electron chi connectivity index (χ3n) is 5.74. The van der Waals surface area contributed by atoms with Gasteiger partial charge in [0.05, 0.1) is 11.7 Å². The second-order valence-electron chi connectivity index (χ2n) is 7.78. The van der Waals surface area contributed by atoms with Gasteiger partial charge < -0.3 is 9.47 Å². The van der Waals surface area contributed by atoms with Crippen LogP contribution in [0.25, 0.3) is 5.69 Å². The molecule has 1 fully saturated rings. The summed E-state index contributed by atoms with van der Waals surface area (Å²) >= 11 is 1.84. The lowest BCUT2D eigenvalue weighted by Crippen LogP contribution is -2.28. The highest BCUT2D eigenvalue weighted by Crippen LogP contribution is 2.48. The number of aliphatic imine (C=N–C) groups is 1. The first-order valence-corrected chi connectivity index (χ1v) is 10.8. The standard InChI is InChI=1S/C23H23FN4S/c1-14-11-19(16(3)28(14)18-8-6-7-17(24)12-18)22-21(20-9-4-5-10-25-20)26-23-27(22)13-15(2)29-23/h4-12,15,21-22H,13H2,1-3H3. The van der Waals surface area contributed by atoms with E-state index in [0.717, 1.165) is 34.5 Å². The molecular formula is C23H23FN4S. The Kier molecular flexibility index (Phi) is 4.46. The number of aromatic nitrogens is 2. The third kappa shape index (κ3) is 3.06. The molecule has 0 amide bonds. The molecule has 4 heterocycles. The van der Waals surface area contributed by atoms with E-state index in [0.29, 0.717) is 5.25 Å². The summed E-state index contributed by atoms with van der Waals surface area (Å²) in [5.74, 6) is -0.223. The van der Waals surface area contributed by atoms with Crippen molar-refractivity contribution in [1.29, 1.82) is 0 Å². The Labute approximate surface area is 174 Å². The quantitative estimate of drug-likeness (QED) is 0.598. The second-order valence-corrected chi connectivity index (χ2v) is 9.18. The van der Waals surface area contributed by atoms with Crippen LogP contribution in [0.5, 0.6) is 0 Å². The fourth-order valence-electron chi connectivity index (χ4n) is 4.55. The van der Waals surface area contributed by atoms with Crippen LogP contribution >= 0.6 is 11.8 Å². The molecule has 2 aromatic heterocycles. The molecule has 0 spiro atoms. The molecule has 2 aliphatic heterocycles. The first-order chi connectivity index (χ1) is 14.0. The minimum absolute atomic E-state index is 0.0346. The predicted octanol–water partition coefficient (Wildman–Crippen LogP) is 5.22. The first kappa shape index (κ1) is 18.4. The molecule has 5 rings (SSSR count). The predicted molar refractivity (Wildman–Crippen MR) is 116 cm³/mol. The number of thioether (sulfide) groups is 1. The van der Waals surface area contributed by atoms with Gasteiger partial charge >= 0.3 is 0 Å². The summed E-state index contributed by atoms with van der Waals surface area (Å²) in [5.41, 5.74) is 5.29. The molecule has 0 bridgehead atoms. The Morgan fingerprint density at radius 1 is 1.10 bits per heavy atom. The minimum Gasteiger partial charge on any atom is -0.341 e. The molecule has 0 saturated carbocycles. The van der Waals surface area contributed by atoms with Crippen LogP contribution < -0.4 is 0 Å². The zero-order valence-corrected chi connectivity index (χ0v) is 17.5. The molecule has 29 heavy (non-hydrogen) atoms. The molecular weight excluding hydrogens is 383 g/mol. The van der Waals surface area contributed by atoms with Gasteiger partial charge in [-0.25, -0.2) is 4.39 Å². The van der Waals surface area contributed by atoms with E-state index < -0.39 is 0 Å². The van der Waals surface area contributed by atoms with Crippen LogP contribution in [0, 0.1) is 19.7 Å². The van der Waals surface area contributed by atoms with Crippen LogP contribution in [0.15, 0.2) is 59.7 Å². The van der Waals surface area contributed by atoms with Gasteiger partial charge in [0.2, 0.25) is 0 Å². The Morgan fingerprint density at radius 3 is 2.72 bits per heavy atom. The molecule has 0 aliphatic carbocycles. The van der Waals surface area contributed by atoms with Crippen molar-refractivity contribution in [1.82, 2.24) is 14.5 Å². The van der Waals surface area contributed by atoms with E-state index in [-0.39, 0.29) is 17.9 Å². The van der Waals surface area contributed by atoms with Gasteiger partial charge in [0, 0.05) is 35.1 Å². The Morgan fingerprint density at radius 2 is 1.97 bits per heavy atom. The fourth-order valence-corrected chi connectivity index (χ4v) is 5.65. The fraction of sp³-hybridized carbons (Fsp3) is 0.304. The number of rotatable bonds is 3. The van der Waals surface area contributed by atoms with Crippen molar-refractivity contribution < 1.29 is 4.39 Å². The van der Waals surface area contributed by atoms with Gasteiger partial charge in [-0.15, -0.1) is 0 Å². The number of amidine groups is 1. The zero-order valence-electron chi connectivity index (χ0n) is 16.7. The van der Waals surface area contributed by atoms with Gasteiger partial charge in [0.25, 0.3) is 0 Å². The van der Waals surface area contributed by atoms with E-state index in [1.165, 1.54) is 11.6 Å². The van der Waals surface area contributed by atoms with Gasteiger partial charge in [-0.1, -0.05) is 30.8 Å². The molecule has 4 nitrogen and oxygen atoms in total. The Bertz CT molecular complexity index is 1090. The lowest BCUT2D eigenvalue weighted by molar-refractivity contribution is 0.320. The van der Waals surface area contributed by atoms with Gasteiger partial charge in [-0.2, -0.15) is 0 Å². The van der Waals surface area contributed by atoms with Crippen molar-refractivity contribution in [2.45, 2.75) is 38.1 Å². The Balaban J connectivity index is 1.63. The SMILES string of the molecule is Cc1cc(C2C(c3ccccn3)N=C3SC(C)CN32)c(C)n1-c1cccc(F)c1. The van der Waals surface area contributed by atoms with E-state index in [1.54, 1.807) is 12.1 Å². The van der Waals surface area contributed by atoms with Crippen LogP contribution in [0.4, 0.5) is 4.39 Å². The maximum absolute atomic E-state index is 13.9. The molecule has 0 radical (unpaired) electrons. The monoisotopic (exact) mass is 406 g/mol. The topological polar surface area (TPSA) is 33.4 Å². The normalized spacial score (nSPS) is 23.4. The van der Waals surface area contributed by atoms with Gasteiger partial charge in [0.15, 0.2) is 5.17 Å². The molecule has 3 atom stereocenters. The van der Waals surface area contributed by atoms with Crippen molar-refractivity contribution >= 4 is 16.9 Å². The summed E-state index contributed by atoms with van der Waals surface area (Å²) in [4.78, 5) is 12.1. The third-order valence-corrected chi connectivity index (χ3v) is 6.84. The number of hydrogen-bond donors (Lipinski definition) is 0. The number of hydrogen-bond acceptors (Lipinski definition) is 4. The van der Waals surface area contributed by atoms with Crippen LogP contribution in [0.2, 0.25) is 0 Å². The summed E-state index contributed by atoms with van der Waals surface area (Å²) in [7, 11) is 0. The van der Waals surface area contributed by atoms with Crippen molar-refractivity contribution in [3.05, 3.63) is 83.2 Å². The van der Waals surface area contributed by atoms with Crippen LogP contribution in [-0.4, -0.2) is 31.4 Å². The lowest BCUT2D eigenvalue weighted by atomic mass is 9.96. The van der Waals surface area contributed by atoms with E-state index >= 15 is 0 Å². The van der Waals surface area contributed by atoms with Crippen molar-refractivity contribution in [2.75, 3.05) is 6.54 Å². The zero-order chi connectivity index (χ0) is 20.1. The highest BCUT2D eigenvalue weighted by atomic mass is 32.2. The first-order valence-electron chi connectivity index (χ1n) is 9.89. The maximum Gasteiger partial charge on any atom is 0.160 e. The molecule has 1 aromatic carbocycles. The summed E-state index contributed by atoms with van der Waals surface area (Å²) in [5, 5.41) is 1.63. The molecule has 3 aromatic rings. The number of nitrogens with zero attached hydrogens (tertiary/aromatic N) is 4. The minimum atomic E-state index is -0.223. The molecule has 2 aliphatic rings. The molecule has 3 unspecified atom stereocenters. The summed E-state index contributed by atoms with van der Waals surface area (Å²) in [6, 6.07) is 15.1. The average molecular weight is 407 g/mol. The molecule has 0 N–H and O–H groups in total. The van der Waals surface area contributed by atoms with Gasteiger partial charge in [-0.3, -0.25) is 9.98 Å². The molecule has 148 valence electrons. The summed E-state index contributed by atoms with van der Waals surface area (Å²) < 4.78 is 16.0. The van der Waals surface area contributed by atoms with Crippen LogP contribution in [0.3, 0.4) is 0 Å². The van der Waals surface area contributed by atoms with Crippen LogP contribution in [0.1, 0.15) is 41.7 Å². The number of halogens is 1. The number of benzene rings is 1. The van der Waals surface area contributed by atoms with Crippen LogP contribution in [-0.2, 0) is 0 Å². The number of aryl methyl sites for hydroxylation is 1. The lowest BCUT2D eigenvalue weighted by Gasteiger charge is -2.27. The van der Waals surface area contributed by atoms with Gasteiger partial charge in [0.1, 0.15) is 11.9 Å². The molecule has 1 saturated heterocycles. The Hall–Kier alpha value is -2.60. The average Bonchev–Trinajstić information content (AvgIpc) is 3.32. The second kappa shape index (κ2) is 7.02. The summed E-state index contributed by atoms with van der Waals surface area (Å²) in [6.45, 7) is 7.41. The van der Waals surface area contributed by atoms with Gasteiger partial charge in [-0.05, 0) is 55.8 Å². The molecule has 6 heteroatoms. The van der Waals surface area contributed by atoms with E-state index in [1.807, 2.05) is 36.2 Å². The largest absolute Gasteiger partial charge is 0.341 e.